The van der Waals surface area contributed by atoms with Crippen molar-refractivity contribution in [3.05, 3.63) is 35.2 Å². The summed E-state index contributed by atoms with van der Waals surface area (Å²) in [5, 5.41) is 7.90. The standard InChI is InChI=1S/C15H21NS2/c1-11(2)17-10-13(16-3)8-12-9-18-15-7-5-4-6-14(12)15/h4-7,9,11,13,16H,8,10H2,1-3H3. The van der Waals surface area contributed by atoms with Gasteiger partial charge in [0.1, 0.15) is 0 Å². The highest BCUT2D eigenvalue weighted by Gasteiger charge is 2.11. The molecule has 1 nitrogen and oxygen atoms in total. The molecular formula is C15H21NS2. The van der Waals surface area contributed by atoms with Crippen molar-refractivity contribution < 1.29 is 0 Å². The number of thioether (sulfide) groups is 1. The summed E-state index contributed by atoms with van der Waals surface area (Å²) in [5.41, 5.74) is 1.49. The fourth-order valence-electron chi connectivity index (χ4n) is 2.01. The van der Waals surface area contributed by atoms with Crippen LogP contribution in [-0.2, 0) is 6.42 Å². The van der Waals surface area contributed by atoms with Crippen LogP contribution in [-0.4, -0.2) is 24.1 Å². The Kier molecular flexibility index (Phi) is 5.10. The molecule has 98 valence electrons. The fourth-order valence-corrected chi connectivity index (χ4v) is 3.89. The zero-order valence-electron chi connectivity index (χ0n) is 11.3. The van der Waals surface area contributed by atoms with Gasteiger partial charge in [0.05, 0.1) is 0 Å². The van der Waals surface area contributed by atoms with Crippen LogP contribution in [0, 0.1) is 0 Å². The minimum Gasteiger partial charge on any atom is -0.316 e. The van der Waals surface area contributed by atoms with E-state index in [1.807, 2.05) is 23.1 Å². The van der Waals surface area contributed by atoms with Gasteiger partial charge in [-0.15, -0.1) is 11.3 Å². The van der Waals surface area contributed by atoms with Crippen molar-refractivity contribution in [1.82, 2.24) is 5.32 Å². The Morgan fingerprint density at radius 3 is 2.78 bits per heavy atom. The zero-order chi connectivity index (χ0) is 13.0. The Bertz CT molecular complexity index is 490. The van der Waals surface area contributed by atoms with Crippen molar-refractivity contribution in [1.29, 1.82) is 0 Å². The van der Waals surface area contributed by atoms with Gasteiger partial charge >= 0.3 is 0 Å². The third-order valence-electron chi connectivity index (χ3n) is 3.07. The molecule has 0 spiro atoms. The predicted molar refractivity (Wildman–Crippen MR) is 86.0 cm³/mol. The topological polar surface area (TPSA) is 12.0 Å². The van der Waals surface area contributed by atoms with Gasteiger partial charge in [0.15, 0.2) is 0 Å². The van der Waals surface area contributed by atoms with Gasteiger partial charge in [-0.2, -0.15) is 11.8 Å². The molecule has 0 fully saturated rings. The number of thiophene rings is 1. The van der Waals surface area contributed by atoms with Gasteiger partial charge in [-0.3, -0.25) is 0 Å². The lowest BCUT2D eigenvalue weighted by Crippen LogP contribution is -2.30. The van der Waals surface area contributed by atoms with E-state index in [1.165, 1.54) is 21.4 Å². The number of nitrogens with one attached hydrogen (secondary N) is 1. The lowest BCUT2D eigenvalue weighted by atomic mass is 10.1. The Labute approximate surface area is 118 Å². The van der Waals surface area contributed by atoms with Crippen LogP contribution in [0.3, 0.4) is 0 Å². The zero-order valence-corrected chi connectivity index (χ0v) is 12.9. The Morgan fingerprint density at radius 1 is 1.28 bits per heavy atom. The summed E-state index contributed by atoms with van der Waals surface area (Å²) in [6.45, 7) is 4.52. The predicted octanol–water partition coefficient (Wildman–Crippen LogP) is 4.17. The molecule has 1 aromatic heterocycles. The minimum atomic E-state index is 0.565. The van der Waals surface area contributed by atoms with E-state index in [4.69, 9.17) is 0 Å². The molecule has 0 amide bonds. The number of hydrogen-bond donors (Lipinski definition) is 1. The Hall–Kier alpha value is -0.510. The summed E-state index contributed by atoms with van der Waals surface area (Å²) < 4.78 is 1.40. The summed E-state index contributed by atoms with van der Waals surface area (Å²) in [6, 6.07) is 9.27. The van der Waals surface area contributed by atoms with Crippen molar-refractivity contribution >= 4 is 33.2 Å². The molecule has 0 aliphatic carbocycles. The third kappa shape index (κ3) is 3.50. The van der Waals surface area contributed by atoms with Crippen LogP contribution in [0.5, 0.6) is 0 Å². The second-order valence-electron chi connectivity index (χ2n) is 4.83. The molecule has 18 heavy (non-hydrogen) atoms. The highest BCUT2D eigenvalue weighted by molar-refractivity contribution is 7.99. The summed E-state index contributed by atoms with van der Waals surface area (Å²) in [6.07, 6.45) is 1.13. The maximum atomic E-state index is 3.44. The highest BCUT2D eigenvalue weighted by Crippen LogP contribution is 2.27. The molecule has 2 aromatic rings. The van der Waals surface area contributed by atoms with Crippen LogP contribution in [0.4, 0.5) is 0 Å². The van der Waals surface area contributed by atoms with E-state index in [0.29, 0.717) is 11.3 Å². The molecule has 0 aliphatic rings. The van der Waals surface area contributed by atoms with Crippen LogP contribution in [0.2, 0.25) is 0 Å². The molecule has 0 radical (unpaired) electrons. The summed E-state index contributed by atoms with van der Waals surface area (Å²) in [7, 11) is 2.07. The number of rotatable bonds is 6. The molecule has 0 aliphatic heterocycles. The largest absolute Gasteiger partial charge is 0.316 e. The second-order valence-corrected chi connectivity index (χ2v) is 7.35. The van der Waals surface area contributed by atoms with E-state index in [9.17, 15) is 0 Å². The van der Waals surface area contributed by atoms with Gasteiger partial charge in [0.25, 0.3) is 0 Å². The van der Waals surface area contributed by atoms with Gasteiger partial charge in [-0.25, -0.2) is 0 Å². The van der Waals surface area contributed by atoms with E-state index in [-0.39, 0.29) is 0 Å². The van der Waals surface area contributed by atoms with Crippen LogP contribution in [0.15, 0.2) is 29.6 Å². The molecule has 0 saturated heterocycles. The number of hydrogen-bond acceptors (Lipinski definition) is 3. The molecule has 2 rings (SSSR count). The van der Waals surface area contributed by atoms with Crippen LogP contribution >= 0.6 is 23.1 Å². The molecule has 1 heterocycles. The van der Waals surface area contributed by atoms with E-state index < -0.39 is 0 Å². The van der Waals surface area contributed by atoms with Gasteiger partial charge < -0.3 is 5.32 Å². The van der Waals surface area contributed by atoms with Crippen molar-refractivity contribution in [3.8, 4) is 0 Å². The first-order chi connectivity index (χ1) is 8.70. The van der Waals surface area contributed by atoms with E-state index >= 15 is 0 Å². The van der Waals surface area contributed by atoms with Crippen molar-refractivity contribution in [3.63, 3.8) is 0 Å². The maximum absolute atomic E-state index is 3.44. The average Bonchev–Trinajstić information content (AvgIpc) is 2.77. The molecular weight excluding hydrogens is 258 g/mol. The molecule has 0 saturated carbocycles. The van der Waals surface area contributed by atoms with Crippen molar-refractivity contribution in [2.24, 2.45) is 0 Å². The molecule has 1 unspecified atom stereocenters. The minimum absolute atomic E-state index is 0.565. The third-order valence-corrected chi connectivity index (χ3v) is 5.34. The SMILES string of the molecule is CNC(CSC(C)C)Cc1csc2ccccc12. The van der Waals surface area contributed by atoms with E-state index in [2.05, 4.69) is 55.9 Å². The lowest BCUT2D eigenvalue weighted by molar-refractivity contribution is 0.619. The van der Waals surface area contributed by atoms with Gasteiger partial charge in [-0.05, 0) is 41.1 Å². The summed E-state index contributed by atoms with van der Waals surface area (Å²) in [4.78, 5) is 0. The molecule has 1 aromatic carbocycles. The number of benzene rings is 1. The van der Waals surface area contributed by atoms with Gasteiger partial charge in [0, 0.05) is 16.5 Å². The Balaban J connectivity index is 2.07. The highest BCUT2D eigenvalue weighted by atomic mass is 32.2. The van der Waals surface area contributed by atoms with Gasteiger partial charge in [-0.1, -0.05) is 32.0 Å². The summed E-state index contributed by atoms with van der Waals surface area (Å²) >= 11 is 3.89. The van der Waals surface area contributed by atoms with Crippen molar-refractivity contribution in [2.45, 2.75) is 31.6 Å². The van der Waals surface area contributed by atoms with Crippen LogP contribution in [0.1, 0.15) is 19.4 Å². The number of likely N-dealkylation sites (N-methyl/N-ethyl adjacent to an activating group) is 1. The summed E-state index contributed by atoms with van der Waals surface area (Å²) in [5.74, 6) is 1.18. The van der Waals surface area contributed by atoms with Crippen LogP contribution < -0.4 is 5.32 Å². The van der Waals surface area contributed by atoms with Gasteiger partial charge in [0.2, 0.25) is 0 Å². The monoisotopic (exact) mass is 279 g/mol. The molecule has 1 atom stereocenters. The second kappa shape index (κ2) is 6.60. The van der Waals surface area contributed by atoms with Crippen LogP contribution in [0.25, 0.3) is 10.1 Å². The average molecular weight is 279 g/mol. The number of fused-ring (bicyclic) bond motifs is 1. The van der Waals surface area contributed by atoms with E-state index in [0.717, 1.165) is 6.42 Å². The first-order valence-electron chi connectivity index (χ1n) is 6.44. The smallest absolute Gasteiger partial charge is 0.0345 e. The Morgan fingerprint density at radius 2 is 2.06 bits per heavy atom. The molecule has 1 N–H and O–H groups in total. The molecule has 3 heteroatoms. The van der Waals surface area contributed by atoms with E-state index in [1.54, 1.807) is 0 Å². The maximum Gasteiger partial charge on any atom is 0.0345 e. The quantitative estimate of drug-likeness (QED) is 0.851. The lowest BCUT2D eigenvalue weighted by Gasteiger charge is -2.16. The normalized spacial score (nSPS) is 13.3. The first-order valence-corrected chi connectivity index (χ1v) is 8.37. The molecule has 0 bridgehead atoms. The first kappa shape index (κ1) is 13.9. The fraction of sp³-hybridized carbons (Fsp3) is 0.467. The van der Waals surface area contributed by atoms with Crippen molar-refractivity contribution in [2.75, 3.05) is 12.8 Å².